The summed E-state index contributed by atoms with van der Waals surface area (Å²) in [4.78, 5) is 11.0. The lowest BCUT2D eigenvalue weighted by Crippen LogP contribution is -2.17. The summed E-state index contributed by atoms with van der Waals surface area (Å²) in [5.74, 6) is -3.55. The largest absolute Gasteiger partial charge is 0.461 e. The van der Waals surface area contributed by atoms with Crippen molar-refractivity contribution in [1.82, 2.24) is 0 Å². The van der Waals surface area contributed by atoms with Gasteiger partial charge in [0.2, 0.25) is 5.83 Å². The van der Waals surface area contributed by atoms with Crippen molar-refractivity contribution in [2.75, 3.05) is 6.61 Å². The van der Waals surface area contributed by atoms with Crippen LogP contribution < -0.4 is 0 Å². The zero-order chi connectivity index (χ0) is 13.8. The van der Waals surface area contributed by atoms with Crippen molar-refractivity contribution in [2.45, 2.75) is 13.1 Å². The predicted octanol–water partition coefficient (Wildman–Crippen LogP) is 3.49. The second-order valence-electron chi connectivity index (χ2n) is 3.27. The third-order valence-corrected chi connectivity index (χ3v) is 2.02. The number of hydrogen-bond acceptors (Lipinski definition) is 2. The van der Waals surface area contributed by atoms with Crippen molar-refractivity contribution >= 4 is 11.5 Å². The molecule has 0 aromatic heterocycles. The first kappa shape index (κ1) is 14.2. The maximum Gasteiger partial charge on any atom is 0.420 e. The summed E-state index contributed by atoms with van der Waals surface area (Å²) in [7, 11) is 0. The highest BCUT2D eigenvalue weighted by atomic mass is 19.4. The summed E-state index contributed by atoms with van der Waals surface area (Å²) >= 11 is 0. The van der Waals surface area contributed by atoms with Gasteiger partial charge in [-0.05, 0) is 12.5 Å². The van der Waals surface area contributed by atoms with E-state index in [0.29, 0.717) is 0 Å². The first-order chi connectivity index (χ1) is 8.38. The highest BCUT2D eigenvalue weighted by molar-refractivity contribution is 5.96. The lowest BCUT2D eigenvalue weighted by atomic mass is 10.0. The van der Waals surface area contributed by atoms with Crippen LogP contribution in [0.25, 0.3) is 5.57 Å². The van der Waals surface area contributed by atoms with Gasteiger partial charge >= 0.3 is 12.1 Å². The molecule has 0 spiro atoms. The van der Waals surface area contributed by atoms with Crippen LogP contribution in [-0.2, 0) is 9.53 Å². The number of esters is 1. The molecule has 1 aromatic carbocycles. The minimum absolute atomic E-state index is 0.202. The summed E-state index contributed by atoms with van der Waals surface area (Å²) in [6.07, 6.45) is -4.97. The van der Waals surface area contributed by atoms with Gasteiger partial charge in [0.05, 0.1) is 6.61 Å². The lowest BCUT2D eigenvalue weighted by Gasteiger charge is -2.12. The number of ether oxygens (including phenoxy) is 1. The molecule has 0 saturated carbocycles. The molecule has 0 saturated heterocycles. The predicted molar refractivity (Wildman–Crippen MR) is 57.2 cm³/mol. The molecule has 1 rings (SSSR count). The Bertz CT molecular complexity index is 449. The third-order valence-electron chi connectivity index (χ3n) is 2.02. The van der Waals surface area contributed by atoms with Crippen LogP contribution in [0.1, 0.15) is 12.5 Å². The number of allylic oxidation sites excluding steroid dienone is 1. The van der Waals surface area contributed by atoms with E-state index in [1.165, 1.54) is 25.1 Å². The van der Waals surface area contributed by atoms with Gasteiger partial charge in [0.25, 0.3) is 0 Å². The third kappa shape index (κ3) is 3.32. The molecule has 0 fully saturated rings. The first-order valence-corrected chi connectivity index (χ1v) is 5.07. The van der Waals surface area contributed by atoms with Crippen molar-refractivity contribution in [1.29, 1.82) is 0 Å². The zero-order valence-electron chi connectivity index (χ0n) is 9.42. The molecule has 2 nitrogen and oxygen atoms in total. The Labute approximate surface area is 101 Å². The standard InChI is InChI=1S/C12H10F4O2/c1-2-18-11(17)10(13)9(12(14,15)16)8-6-4-3-5-7-8/h3-7H,2H2,1H3/b10-9+. The minimum Gasteiger partial charge on any atom is -0.461 e. The molecule has 0 aliphatic rings. The van der Waals surface area contributed by atoms with Crippen molar-refractivity contribution in [3.63, 3.8) is 0 Å². The Morgan fingerprint density at radius 2 is 1.78 bits per heavy atom. The van der Waals surface area contributed by atoms with Crippen LogP contribution >= 0.6 is 0 Å². The molecule has 0 aliphatic heterocycles. The minimum atomic E-state index is -4.97. The van der Waals surface area contributed by atoms with Gasteiger partial charge in [-0.3, -0.25) is 0 Å². The van der Waals surface area contributed by atoms with Gasteiger partial charge in [-0.2, -0.15) is 17.6 Å². The molecule has 0 atom stereocenters. The maximum atomic E-state index is 13.5. The molecule has 0 bridgehead atoms. The molecule has 1 aromatic rings. The van der Waals surface area contributed by atoms with Crippen LogP contribution in [0.5, 0.6) is 0 Å². The van der Waals surface area contributed by atoms with E-state index in [2.05, 4.69) is 4.74 Å². The first-order valence-electron chi connectivity index (χ1n) is 5.07. The number of benzene rings is 1. The van der Waals surface area contributed by atoms with E-state index in [9.17, 15) is 22.4 Å². The van der Waals surface area contributed by atoms with E-state index in [4.69, 9.17) is 0 Å². The van der Waals surface area contributed by atoms with Crippen molar-refractivity contribution in [2.24, 2.45) is 0 Å². The van der Waals surface area contributed by atoms with E-state index in [-0.39, 0.29) is 6.61 Å². The number of carbonyl (C=O) groups excluding carboxylic acids is 1. The number of halogens is 4. The van der Waals surface area contributed by atoms with Gasteiger partial charge in [0.1, 0.15) is 5.57 Å². The monoisotopic (exact) mass is 262 g/mol. The van der Waals surface area contributed by atoms with E-state index in [0.717, 1.165) is 12.1 Å². The Balaban J connectivity index is 3.31. The van der Waals surface area contributed by atoms with Gasteiger partial charge in [0.15, 0.2) is 0 Å². The Hall–Kier alpha value is -1.85. The van der Waals surface area contributed by atoms with Gasteiger partial charge in [0, 0.05) is 0 Å². The second kappa shape index (κ2) is 5.66. The van der Waals surface area contributed by atoms with Crippen molar-refractivity contribution in [3.05, 3.63) is 41.7 Å². The van der Waals surface area contributed by atoms with E-state index < -0.39 is 29.1 Å². The Kier molecular flexibility index (Phi) is 4.47. The Morgan fingerprint density at radius 1 is 1.22 bits per heavy atom. The highest BCUT2D eigenvalue weighted by Gasteiger charge is 2.40. The summed E-state index contributed by atoms with van der Waals surface area (Å²) in [6, 6.07) is 6.27. The topological polar surface area (TPSA) is 26.3 Å². The number of alkyl halides is 3. The molecule has 0 unspecified atom stereocenters. The number of hydrogen-bond donors (Lipinski definition) is 0. The summed E-state index contributed by atoms with van der Waals surface area (Å²) in [5, 5.41) is 0. The fourth-order valence-corrected chi connectivity index (χ4v) is 1.32. The fraction of sp³-hybridized carbons (Fsp3) is 0.250. The average molecular weight is 262 g/mol. The van der Waals surface area contributed by atoms with Crippen LogP contribution in [0.2, 0.25) is 0 Å². The van der Waals surface area contributed by atoms with Gasteiger partial charge in [-0.15, -0.1) is 0 Å². The lowest BCUT2D eigenvalue weighted by molar-refractivity contribution is -0.140. The molecular weight excluding hydrogens is 252 g/mol. The van der Waals surface area contributed by atoms with Crippen LogP contribution in [0.4, 0.5) is 17.6 Å². The van der Waals surface area contributed by atoms with Gasteiger partial charge in [-0.1, -0.05) is 30.3 Å². The summed E-state index contributed by atoms with van der Waals surface area (Å²) < 4.78 is 56.0. The van der Waals surface area contributed by atoms with Crippen LogP contribution in [0, 0.1) is 0 Å². The molecule has 18 heavy (non-hydrogen) atoms. The normalized spacial score (nSPS) is 12.9. The second-order valence-corrected chi connectivity index (χ2v) is 3.27. The highest BCUT2D eigenvalue weighted by Crippen LogP contribution is 2.37. The molecule has 0 aliphatic carbocycles. The molecule has 0 amide bonds. The van der Waals surface area contributed by atoms with E-state index in [1.807, 2.05) is 0 Å². The smallest absolute Gasteiger partial charge is 0.420 e. The molecular formula is C12H10F4O2. The quantitative estimate of drug-likeness (QED) is 0.473. The van der Waals surface area contributed by atoms with Crippen LogP contribution in [0.15, 0.2) is 36.2 Å². The molecule has 98 valence electrons. The van der Waals surface area contributed by atoms with Gasteiger partial charge < -0.3 is 4.74 Å². The zero-order valence-corrected chi connectivity index (χ0v) is 9.42. The maximum absolute atomic E-state index is 13.5. The number of rotatable bonds is 3. The molecule has 6 heteroatoms. The van der Waals surface area contributed by atoms with Crippen LogP contribution in [-0.4, -0.2) is 18.8 Å². The van der Waals surface area contributed by atoms with Gasteiger partial charge in [-0.25, -0.2) is 4.79 Å². The summed E-state index contributed by atoms with van der Waals surface area (Å²) in [6.45, 7) is 1.17. The molecule has 0 N–H and O–H groups in total. The van der Waals surface area contributed by atoms with Crippen molar-refractivity contribution < 1.29 is 27.1 Å². The van der Waals surface area contributed by atoms with Crippen molar-refractivity contribution in [3.8, 4) is 0 Å². The Morgan fingerprint density at radius 3 is 2.22 bits per heavy atom. The SMILES string of the molecule is CCOC(=O)/C(F)=C(/c1ccccc1)C(F)(F)F. The fourth-order valence-electron chi connectivity index (χ4n) is 1.32. The van der Waals surface area contributed by atoms with E-state index in [1.54, 1.807) is 0 Å². The van der Waals surface area contributed by atoms with Crippen LogP contribution in [0.3, 0.4) is 0 Å². The molecule has 0 radical (unpaired) electrons. The number of carbonyl (C=O) groups is 1. The van der Waals surface area contributed by atoms with E-state index >= 15 is 0 Å². The summed E-state index contributed by atoms with van der Waals surface area (Å²) in [5.41, 5.74) is -2.04. The molecule has 0 heterocycles. The average Bonchev–Trinajstić information content (AvgIpc) is 2.29.